The van der Waals surface area contributed by atoms with E-state index in [0.29, 0.717) is 18.7 Å². The molecule has 19 heavy (non-hydrogen) atoms. The third-order valence-electron chi connectivity index (χ3n) is 2.88. The Morgan fingerprint density at radius 1 is 1.42 bits per heavy atom. The molecule has 2 aromatic rings. The van der Waals surface area contributed by atoms with E-state index in [1.807, 2.05) is 6.92 Å². The van der Waals surface area contributed by atoms with Gasteiger partial charge < -0.3 is 10.3 Å². The van der Waals surface area contributed by atoms with Gasteiger partial charge in [-0.05, 0) is 58.6 Å². The van der Waals surface area contributed by atoms with Gasteiger partial charge in [-0.25, -0.2) is 4.39 Å². The predicted octanol–water partition coefficient (Wildman–Crippen LogP) is 3.20. The van der Waals surface area contributed by atoms with E-state index in [4.69, 9.17) is 0 Å². The van der Waals surface area contributed by atoms with E-state index >= 15 is 0 Å². The zero-order valence-electron chi connectivity index (χ0n) is 10.5. The van der Waals surface area contributed by atoms with Crippen molar-refractivity contribution in [2.24, 2.45) is 0 Å². The number of aromatic nitrogens is 1. The zero-order chi connectivity index (χ0) is 13.8. The summed E-state index contributed by atoms with van der Waals surface area (Å²) in [5.74, 6) is -0.382. The van der Waals surface area contributed by atoms with Crippen LogP contribution in [0.15, 0.2) is 34.9 Å². The molecule has 1 heterocycles. The van der Waals surface area contributed by atoms with E-state index in [-0.39, 0.29) is 11.7 Å². The van der Waals surface area contributed by atoms with Crippen molar-refractivity contribution in [3.63, 3.8) is 0 Å². The largest absolute Gasteiger partial charge is 0.356 e. The first kappa shape index (κ1) is 13.8. The first-order chi connectivity index (χ1) is 9.06. The maximum Gasteiger partial charge on any atom is 0.267 e. The van der Waals surface area contributed by atoms with Crippen LogP contribution in [-0.4, -0.2) is 17.4 Å². The van der Waals surface area contributed by atoms with Crippen LogP contribution in [0.2, 0.25) is 0 Å². The second-order valence-corrected chi connectivity index (χ2v) is 5.22. The highest BCUT2D eigenvalue weighted by molar-refractivity contribution is 9.10. The van der Waals surface area contributed by atoms with Gasteiger partial charge in [0.2, 0.25) is 0 Å². The van der Waals surface area contributed by atoms with Crippen LogP contribution in [0.5, 0.6) is 0 Å². The van der Waals surface area contributed by atoms with Crippen LogP contribution >= 0.6 is 15.9 Å². The quantitative estimate of drug-likeness (QED) is 0.891. The molecule has 0 unspecified atom stereocenters. The molecule has 0 saturated heterocycles. The van der Waals surface area contributed by atoms with Gasteiger partial charge in [0.05, 0.1) is 0 Å². The molecule has 2 N–H and O–H groups in total. The number of benzene rings is 1. The standard InChI is InChI=1S/C14H14BrFN2O/c1-9-6-12(16)3-2-10(9)4-5-17-14(19)13-7-11(15)8-18-13/h2-3,6-8,18H,4-5H2,1H3,(H,17,19). The zero-order valence-corrected chi connectivity index (χ0v) is 12.1. The van der Waals surface area contributed by atoms with Gasteiger partial charge in [0.25, 0.3) is 5.91 Å². The smallest absolute Gasteiger partial charge is 0.267 e. The normalized spacial score (nSPS) is 10.5. The Labute approximate surface area is 119 Å². The Morgan fingerprint density at radius 3 is 2.84 bits per heavy atom. The minimum Gasteiger partial charge on any atom is -0.356 e. The van der Waals surface area contributed by atoms with E-state index < -0.39 is 0 Å². The maximum absolute atomic E-state index is 12.9. The van der Waals surface area contributed by atoms with E-state index in [0.717, 1.165) is 15.6 Å². The molecule has 100 valence electrons. The molecule has 1 aromatic carbocycles. The molecule has 1 aromatic heterocycles. The molecule has 0 aliphatic rings. The molecule has 5 heteroatoms. The fraction of sp³-hybridized carbons (Fsp3) is 0.214. The number of amides is 1. The third-order valence-corrected chi connectivity index (χ3v) is 3.33. The van der Waals surface area contributed by atoms with Crippen LogP contribution < -0.4 is 5.32 Å². The van der Waals surface area contributed by atoms with Crippen LogP contribution in [0.4, 0.5) is 4.39 Å². The summed E-state index contributed by atoms with van der Waals surface area (Å²) in [6, 6.07) is 6.41. The fourth-order valence-electron chi connectivity index (χ4n) is 1.84. The molecule has 0 saturated carbocycles. The molecule has 0 radical (unpaired) electrons. The first-order valence-corrected chi connectivity index (χ1v) is 6.72. The lowest BCUT2D eigenvalue weighted by Crippen LogP contribution is -2.26. The molecule has 2 rings (SSSR count). The van der Waals surface area contributed by atoms with E-state index in [1.165, 1.54) is 12.1 Å². The highest BCUT2D eigenvalue weighted by Gasteiger charge is 2.07. The second-order valence-electron chi connectivity index (χ2n) is 4.31. The number of hydrogen-bond acceptors (Lipinski definition) is 1. The van der Waals surface area contributed by atoms with Crippen LogP contribution in [-0.2, 0) is 6.42 Å². The minimum absolute atomic E-state index is 0.148. The van der Waals surface area contributed by atoms with Crippen molar-refractivity contribution in [1.29, 1.82) is 0 Å². The summed E-state index contributed by atoms with van der Waals surface area (Å²) in [5, 5.41) is 2.82. The van der Waals surface area contributed by atoms with Crippen molar-refractivity contribution in [2.45, 2.75) is 13.3 Å². The lowest BCUT2D eigenvalue weighted by molar-refractivity contribution is 0.0949. The summed E-state index contributed by atoms with van der Waals surface area (Å²) in [5.41, 5.74) is 2.45. The molecule has 1 amide bonds. The number of halogens is 2. The molecule has 0 spiro atoms. The third kappa shape index (κ3) is 3.67. The lowest BCUT2D eigenvalue weighted by atomic mass is 10.1. The fourth-order valence-corrected chi connectivity index (χ4v) is 2.19. The molecule has 0 atom stereocenters. The summed E-state index contributed by atoms with van der Waals surface area (Å²) >= 11 is 3.27. The Balaban J connectivity index is 1.88. The molecule has 0 aliphatic heterocycles. The number of aryl methyl sites for hydroxylation is 1. The Morgan fingerprint density at radius 2 is 2.21 bits per heavy atom. The molecule has 0 fully saturated rings. The van der Waals surface area contributed by atoms with Crippen molar-refractivity contribution < 1.29 is 9.18 Å². The van der Waals surface area contributed by atoms with Crippen LogP contribution in [0.25, 0.3) is 0 Å². The van der Waals surface area contributed by atoms with Gasteiger partial charge >= 0.3 is 0 Å². The van der Waals surface area contributed by atoms with Gasteiger partial charge in [0.1, 0.15) is 11.5 Å². The first-order valence-electron chi connectivity index (χ1n) is 5.93. The molecule has 0 bridgehead atoms. The number of nitrogens with one attached hydrogen (secondary N) is 2. The molecular formula is C14H14BrFN2O. The van der Waals surface area contributed by atoms with Crippen molar-refractivity contribution in [3.05, 3.63) is 57.6 Å². The van der Waals surface area contributed by atoms with E-state index in [1.54, 1.807) is 18.3 Å². The van der Waals surface area contributed by atoms with E-state index in [9.17, 15) is 9.18 Å². The Bertz CT molecular complexity index is 595. The summed E-state index contributed by atoms with van der Waals surface area (Å²) in [6.45, 7) is 2.38. The van der Waals surface area contributed by atoms with Gasteiger partial charge in [0.15, 0.2) is 0 Å². The number of H-pyrrole nitrogens is 1. The van der Waals surface area contributed by atoms with Crippen molar-refractivity contribution in [2.75, 3.05) is 6.54 Å². The van der Waals surface area contributed by atoms with Crippen LogP contribution in [0, 0.1) is 12.7 Å². The number of hydrogen-bond donors (Lipinski definition) is 2. The molecule has 0 aliphatic carbocycles. The Hall–Kier alpha value is -1.62. The summed E-state index contributed by atoms with van der Waals surface area (Å²) < 4.78 is 13.8. The van der Waals surface area contributed by atoms with Gasteiger partial charge in [-0.3, -0.25) is 4.79 Å². The highest BCUT2D eigenvalue weighted by Crippen LogP contribution is 2.11. The molecule has 3 nitrogen and oxygen atoms in total. The van der Waals surface area contributed by atoms with Crippen LogP contribution in [0.3, 0.4) is 0 Å². The van der Waals surface area contributed by atoms with Crippen LogP contribution in [0.1, 0.15) is 21.6 Å². The monoisotopic (exact) mass is 324 g/mol. The van der Waals surface area contributed by atoms with Crippen molar-refractivity contribution >= 4 is 21.8 Å². The van der Waals surface area contributed by atoms with Gasteiger partial charge in [0, 0.05) is 17.2 Å². The summed E-state index contributed by atoms with van der Waals surface area (Å²) in [4.78, 5) is 14.6. The average molecular weight is 325 g/mol. The van der Waals surface area contributed by atoms with Gasteiger partial charge in [-0.15, -0.1) is 0 Å². The average Bonchev–Trinajstić information content (AvgIpc) is 2.78. The highest BCUT2D eigenvalue weighted by atomic mass is 79.9. The van der Waals surface area contributed by atoms with Gasteiger partial charge in [-0.1, -0.05) is 6.07 Å². The second kappa shape index (κ2) is 6.02. The number of rotatable bonds is 4. The van der Waals surface area contributed by atoms with Crippen molar-refractivity contribution in [3.8, 4) is 0 Å². The molecular weight excluding hydrogens is 311 g/mol. The topological polar surface area (TPSA) is 44.9 Å². The minimum atomic E-state index is -0.235. The summed E-state index contributed by atoms with van der Waals surface area (Å²) in [6.07, 6.45) is 2.39. The number of aromatic amines is 1. The Kier molecular flexibility index (Phi) is 4.37. The van der Waals surface area contributed by atoms with Gasteiger partial charge in [-0.2, -0.15) is 0 Å². The lowest BCUT2D eigenvalue weighted by Gasteiger charge is -2.07. The maximum atomic E-state index is 12.9. The number of carbonyl (C=O) groups is 1. The van der Waals surface area contributed by atoms with Crippen molar-refractivity contribution in [1.82, 2.24) is 10.3 Å². The predicted molar refractivity (Wildman–Crippen MR) is 75.7 cm³/mol. The summed E-state index contributed by atoms with van der Waals surface area (Å²) in [7, 11) is 0. The SMILES string of the molecule is Cc1cc(F)ccc1CCNC(=O)c1cc(Br)c[nH]1. The van der Waals surface area contributed by atoms with E-state index in [2.05, 4.69) is 26.2 Å². The number of carbonyl (C=O) groups excluding carboxylic acids is 1.